The molecule has 0 saturated carbocycles. The molecule has 1 atom stereocenters. The zero-order valence-corrected chi connectivity index (χ0v) is 24.6. The molecule has 1 saturated heterocycles. The normalized spacial score (nSPS) is 16.9. The van der Waals surface area contributed by atoms with E-state index in [0.717, 1.165) is 27.3 Å². The fourth-order valence-corrected chi connectivity index (χ4v) is 5.87. The third-order valence-electron chi connectivity index (χ3n) is 7.89. The van der Waals surface area contributed by atoms with Crippen molar-refractivity contribution in [2.75, 3.05) is 13.1 Å². The Morgan fingerprint density at radius 2 is 1.73 bits per heavy atom. The molecule has 0 aliphatic carbocycles. The van der Waals surface area contributed by atoms with E-state index in [2.05, 4.69) is 10.6 Å². The monoisotopic (exact) mass is 618 g/mol. The first-order valence-electron chi connectivity index (χ1n) is 14.3. The van der Waals surface area contributed by atoms with Crippen LogP contribution in [0, 0.1) is 5.82 Å². The highest BCUT2D eigenvalue weighted by Crippen LogP contribution is 2.41. The summed E-state index contributed by atoms with van der Waals surface area (Å²) in [5.41, 5.74) is -4.65. The Hall–Kier alpha value is -3.97. The van der Waals surface area contributed by atoms with Crippen LogP contribution in [0.4, 0.5) is 22.4 Å². The Kier molecular flexibility index (Phi) is 8.47. The van der Waals surface area contributed by atoms with Gasteiger partial charge >= 0.3 is 18.0 Å². The van der Waals surface area contributed by atoms with Crippen LogP contribution in [-0.4, -0.2) is 33.9 Å². The van der Waals surface area contributed by atoms with E-state index in [9.17, 15) is 27.6 Å². The summed E-state index contributed by atoms with van der Waals surface area (Å²) >= 11 is 0. The maximum absolute atomic E-state index is 15.0. The molecule has 3 aromatic rings. The number of hydrogen-bond acceptors (Lipinski definition) is 6. The lowest BCUT2D eigenvalue weighted by atomic mass is 9.86. The summed E-state index contributed by atoms with van der Waals surface area (Å²) in [6.45, 7) is 4.72. The Bertz CT molecular complexity index is 1650. The van der Waals surface area contributed by atoms with E-state index in [1.165, 1.54) is 0 Å². The minimum absolute atomic E-state index is 0.117. The number of benzene rings is 2. The number of nitrogens with one attached hydrogen (secondary N) is 2. The van der Waals surface area contributed by atoms with Gasteiger partial charge in [0.1, 0.15) is 17.0 Å². The standard InChI is InChI=1S/C31H34F4N4O5/c1-29(2,3)44-27(41)37-23(19-8-5-4-6-9-19)17-39-26(40)25-24(18-43-30(25)12-14-36-15-13-30)38(28(39)42)16-20-21(31(33,34)35)10-7-11-22(20)32/h4-11,23,36H,12-18H2,1-3H3,(H,37,41). The van der Waals surface area contributed by atoms with Crippen molar-refractivity contribution in [2.24, 2.45) is 0 Å². The fourth-order valence-electron chi connectivity index (χ4n) is 5.87. The van der Waals surface area contributed by atoms with Crippen molar-refractivity contribution in [1.29, 1.82) is 0 Å². The van der Waals surface area contributed by atoms with Crippen molar-refractivity contribution < 1.29 is 31.8 Å². The molecule has 3 heterocycles. The van der Waals surface area contributed by atoms with E-state index in [0.29, 0.717) is 31.5 Å². The van der Waals surface area contributed by atoms with Crippen LogP contribution < -0.4 is 21.9 Å². The number of ether oxygens (including phenoxy) is 2. The van der Waals surface area contributed by atoms with Crippen molar-refractivity contribution in [3.05, 3.63) is 103 Å². The second-order valence-electron chi connectivity index (χ2n) is 12.0. The topological polar surface area (TPSA) is 104 Å². The minimum atomic E-state index is -4.89. The second-order valence-corrected chi connectivity index (χ2v) is 12.0. The summed E-state index contributed by atoms with van der Waals surface area (Å²) in [5, 5.41) is 5.92. The number of alkyl carbamates (subject to hydrolysis) is 1. The Morgan fingerprint density at radius 1 is 1.05 bits per heavy atom. The molecule has 1 spiro atoms. The summed E-state index contributed by atoms with van der Waals surface area (Å²) in [5.74, 6) is -1.14. The molecule has 1 unspecified atom stereocenters. The third-order valence-corrected chi connectivity index (χ3v) is 7.89. The summed E-state index contributed by atoms with van der Waals surface area (Å²) in [6.07, 6.45) is -4.90. The molecule has 1 fully saturated rings. The van der Waals surface area contributed by atoms with Gasteiger partial charge in [-0.1, -0.05) is 36.4 Å². The molecule has 5 rings (SSSR count). The summed E-state index contributed by atoms with van der Waals surface area (Å²) in [7, 11) is 0. The average molecular weight is 619 g/mol. The maximum atomic E-state index is 15.0. The first kappa shape index (κ1) is 31.5. The van der Waals surface area contributed by atoms with Crippen LogP contribution in [0.15, 0.2) is 58.1 Å². The average Bonchev–Trinajstić information content (AvgIpc) is 3.30. The Morgan fingerprint density at radius 3 is 2.36 bits per heavy atom. The predicted octanol–water partition coefficient (Wildman–Crippen LogP) is 4.59. The number of halogens is 4. The molecule has 1 amide bonds. The summed E-state index contributed by atoms with van der Waals surface area (Å²) in [6, 6.07) is 10.3. The zero-order valence-electron chi connectivity index (χ0n) is 24.6. The SMILES string of the molecule is CC(C)(C)OC(=O)NC(Cn1c(=O)c2c(n(Cc3c(F)cccc3C(F)(F)F)c1=O)COC21CCNCC1)c1ccccc1. The van der Waals surface area contributed by atoms with Crippen LogP contribution in [-0.2, 0) is 40.9 Å². The van der Waals surface area contributed by atoms with Gasteiger partial charge in [0, 0.05) is 5.56 Å². The largest absolute Gasteiger partial charge is 0.444 e. The molecule has 2 aliphatic heterocycles. The number of rotatable bonds is 6. The van der Waals surface area contributed by atoms with Gasteiger partial charge in [-0.25, -0.2) is 14.0 Å². The molecule has 1 aromatic heterocycles. The lowest BCUT2D eigenvalue weighted by Gasteiger charge is -2.33. The molecule has 2 aromatic carbocycles. The number of alkyl halides is 3. The molecule has 13 heteroatoms. The van der Waals surface area contributed by atoms with Gasteiger partial charge in [-0.2, -0.15) is 13.2 Å². The maximum Gasteiger partial charge on any atom is 0.416 e. The number of fused-ring (bicyclic) bond motifs is 2. The van der Waals surface area contributed by atoms with Crippen LogP contribution in [0.1, 0.15) is 67.6 Å². The molecule has 0 bridgehead atoms. The molecular weight excluding hydrogens is 584 g/mol. The van der Waals surface area contributed by atoms with Gasteiger partial charge in [0.05, 0.1) is 42.6 Å². The fraction of sp³-hybridized carbons (Fsp3) is 0.452. The smallest absolute Gasteiger partial charge is 0.416 e. The zero-order chi connectivity index (χ0) is 31.9. The van der Waals surface area contributed by atoms with Crippen LogP contribution in [0.2, 0.25) is 0 Å². The molecular formula is C31H34F4N4O5. The molecule has 2 N–H and O–H groups in total. The summed E-state index contributed by atoms with van der Waals surface area (Å²) < 4.78 is 70.3. The van der Waals surface area contributed by atoms with Crippen molar-refractivity contribution in [3.8, 4) is 0 Å². The summed E-state index contributed by atoms with van der Waals surface area (Å²) in [4.78, 5) is 41.1. The Balaban J connectivity index is 1.68. The number of carbonyl (C=O) groups excluding carboxylic acids is 1. The highest BCUT2D eigenvalue weighted by molar-refractivity contribution is 5.68. The van der Waals surface area contributed by atoms with E-state index in [-0.39, 0.29) is 24.4 Å². The lowest BCUT2D eigenvalue weighted by Crippen LogP contribution is -2.50. The van der Waals surface area contributed by atoms with Crippen LogP contribution >= 0.6 is 0 Å². The van der Waals surface area contributed by atoms with Gasteiger partial charge in [0.2, 0.25) is 0 Å². The second kappa shape index (κ2) is 11.8. The highest BCUT2D eigenvalue weighted by Gasteiger charge is 2.46. The first-order valence-corrected chi connectivity index (χ1v) is 14.3. The minimum Gasteiger partial charge on any atom is -0.444 e. The van der Waals surface area contributed by atoms with Gasteiger partial charge in [-0.05, 0) is 64.4 Å². The van der Waals surface area contributed by atoms with Gasteiger partial charge in [-0.3, -0.25) is 13.9 Å². The van der Waals surface area contributed by atoms with Crippen molar-refractivity contribution in [1.82, 2.24) is 19.8 Å². The number of aromatic nitrogens is 2. The van der Waals surface area contributed by atoms with Crippen LogP contribution in [0.5, 0.6) is 0 Å². The Labute approximate surface area is 250 Å². The van der Waals surface area contributed by atoms with E-state index < -0.39 is 64.3 Å². The number of piperidine rings is 1. The van der Waals surface area contributed by atoms with Gasteiger partial charge < -0.3 is 20.1 Å². The van der Waals surface area contributed by atoms with Crippen molar-refractivity contribution in [3.63, 3.8) is 0 Å². The first-order chi connectivity index (χ1) is 20.7. The predicted molar refractivity (Wildman–Crippen MR) is 153 cm³/mol. The van der Waals surface area contributed by atoms with Crippen molar-refractivity contribution >= 4 is 6.09 Å². The number of carbonyl (C=O) groups is 1. The van der Waals surface area contributed by atoms with Gasteiger partial charge in [0.15, 0.2) is 0 Å². The highest BCUT2D eigenvalue weighted by atomic mass is 19.4. The molecule has 2 aliphatic rings. The molecule has 0 radical (unpaired) electrons. The third kappa shape index (κ3) is 6.29. The quantitative estimate of drug-likeness (QED) is 0.392. The number of nitrogens with zero attached hydrogens (tertiary/aromatic N) is 2. The van der Waals surface area contributed by atoms with Gasteiger partial charge in [-0.15, -0.1) is 0 Å². The van der Waals surface area contributed by atoms with E-state index in [1.54, 1.807) is 51.1 Å². The van der Waals surface area contributed by atoms with Crippen LogP contribution in [0.3, 0.4) is 0 Å². The molecule has 9 nitrogen and oxygen atoms in total. The van der Waals surface area contributed by atoms with Crippen LogP contribution in [0.25, 0.3) is 0 Å². The van der Waals surface area contributed by atoms with E-state index >= 15 is 4.39 Å². The molecule has 44 heavy (non-hydrogen) atoms. The van der Waals surface area contributed by atoms with E-state index in [1.807, 2.05) is 0 Å². The lowest BCUT2D eigenvalue weighted by molar-refractivity contribution is -0.138. The van der Waals surface area contributed by atoms with E-state index in [4.69, 9.17) is 9.47 Å². The van der Waals surface area contributed by atoms with Crippen molar-refractivity contribution in [2.45, 2.75) is 76.7 Å². The number of amides is 1. The number of hydrogen-bond donors (Lipinski definition) is 2. The van der Waals surface area contributed by atoms with Gasteiger partial charge in [0.25, 0.3) is 5.56 Å². The molecule has 236 valence electrons.